The van der Waals surface area contributed by atoms with E-state index in [9.17, 15) is 9.59 Å². The minimum atomic E-state index is -0.586. The number of carbonyl (C=O) groups is 1. The molecule has 0 fully saturated rings. The summed E-state index contributed by atoms with van der Waals surface area (Å²) in [4.78, 5) is 23.6. The lowest BCUT2D eigenvalue weighted by Gasteiger charge is -2.19. The molecule has 2 rings (SSSR count). The summed E-state index contributed by atoms with van der Waals surface area (Å²) >= 11 is 3.34. The molecule has 1 aromatic heterocycles. The summed E-state index contributed by atoms with van der Waals surface area (Å²) in [5.41, 5.74) is 0.401. The second kappa shape index (κ2) is 4.85. The van der Waals surface area contributed by atoms with Crippen molar-refractivity contribution in [2.75, 3.05) is 0 Å². The molecule has 6 heteroatoms. The molecule has 0 bridgehead atoms. The summed E-state index contributed by atoms with van der Waals surface area (Å²) in [7, 11) is 0. The molecule has 0 atom stereocenters. The van der Waals surface area contributed by atoms with Crippen LogP contribution < -0.4 is 5.76 Å². The monoisotopic (exact) mass is 327 g/mol. The van der Waals surface area contributed by atoms with Gasteiger partial charge in [-0.3, -0.25) is 9.36 Å². The van der Waals surface area contributed by atoms with E-state index in [0.717, 1.165) is 0 Å². The molecular formula is C13H14BrNO4. The number of nitrogens with zero attached hydrogens (tertiary/aromatic N) is 1. The summed E-state index contributed by atoms with van der Waals surface area (Å²) in [5, 5.41) is 0. The van der Waals surface area contributed by atoms with Gasteiger partial charge in [-0.25, -0.2) is 4.79 Å². The van der Waals surface area contributed by atoms with Crippen molar-refractivity contribution in [1.82, 2.24) is 4.57 Å². The van der Waals surface area contributed by atoms with E-state index in [1.165, 1.54) is 4.57 Å². The van der Waals surface area contributed by atoms with E-state index in [-0.39, 0.29) is 6.54 Å². The third-order valence-corrected chi connectivity index (χ3v) is 2.98. The average Bonchev–Trinajstić information content (AvgIpc) is 2.54. The Morgan fingerprint density at radius 2 is 2.11 bits per heavy atom. The Morgan fingerprint density at radius 3 is 2.74 bits per heavy atom. The number of benzene rings is 1. The maximum Gasteiger partial charge on any atom is 0.420 e. The summed E-state index contributed by atoms with van der Waals surface area (Å²) in [6.45, 7) is 5.15. The van der Waals surface area contributed by atoms with Gasteiger partial charge in [-0.05, 0) is 48.8 Å². The number of oxazole rings is 1. The van der Waals surface area contributed by atoms with Gasteiger partial charge in [0.1, 0.15) is 17.7 Å². The molecule has 0 saturated carbocycles. The van der Waals surface area contributed by atoms with Crippen LogP contribution in [0.1, 0.15) is 20.8 Å². The molecular weight excluding hydrogens is 314 g/mol. The van der Waals surface area contributed by atoms with Crippen molar-refractivity contribution < 1.29 is 13.9 Å². The molecule has 0 spiro atoms. The fourth-order valence-corrected chi connectivity index (χ4v) is 2.29. The van der Waals surface area contributed by atoms with Crippen molar-refractivity contribution in [2.24, 2.45) is 0 Å². The number of ether oxygens (including phenoxy) is 1. The summed E-state index contributed by atoms with van der Waals surface area (Å²) in [6.07, 6.45) is 0. The normalized spacial score (nSPS) is 11.8. The number of rotatable bonds is 2. The highest BCUT2D eigenvalue weighted by atomic mass is 79.9. The van der Waals surface area contributed by atoms with E-state index in [2.05, 4.69) is 15.9 Å². The quantitative estimate of drug-likeness (QED) is 0.795. The first-order chi connectivity index (χ1) is 8.78. The maximum absolute atomic E-state index is 11.8. The molecule has 0 saturated heterocycles. The topological polar surface area (TPSA) is 61.4 Å². The molecule has 0 unspecified atom stereocenters. The van der Waals surface area contributed by atoms with Gasteiger partial charge in [0.25, 0.3) is 0 Å². The van der Waals surface area contributed by atoms with E-state index in [0.29, 0.717) is 15.6 Å². The summed E-state index contributed by atoms with van der Waals surface area (Å²) in [5.74, 6) is -1.05. The van der Waals surface area contributed by atoms with Gasteiger partial charge in [0.2, 0.25) is 0 Å². The van der Waals surface area contributed by atoms with Gasteiger partial charge < -0.3 is 9.15 Å². The highest BCUT2D eigenvalue weighted by Crippen LogP contribution is 2.23. The van der Waals surface area contributed by atoms with Gasteiger partial charge in [0.05, 0.1) is 0 Å². The Hall–Kier alpha value is -1.56. The highest BCUT2D eigenvalue weighted by molar-refractivity contribution is 9.10. The molecule has 0 amide bonds. The maximum atomic E-state index is 11.8. The summed E-state index contributed by atoms with van der Waals surface area (Å²) < 4.78 is 12.2. The van der Waals surface area contributed by atoms with Crippen LogP contribution in [0.2, 0.25) is 0 Å². The average molecular weight is 328 g/mol. The van der Waals surface area contributed by atoms with Crippen molar-refractivity contribution in [3.8, 4) is 0 Å². The molecule has 0 N–H and O–H groups in total. The lowest BCUT2D eigenvalue weighted by Crippen LogP contribution is -2.29. The molecule has 0 aliphatic rings. The fourth-order valence-electron chi connectivity index (χ4n) is 1.73. The van der Waals surface area contributed by atoms with Crippen LogP contribution in [0.3, 0.4) is 0 Å². The number of aromatic nitrogens is 1. The molecule has 0 aliphatic heterocycles. The highest BCUT2D eigenvalue weighted by Gasteiger charge is 2.20. The largest absolute Gasteiger partial charge is 0.459 e. The summed E-state index contributed by atoms with van der Waals surface area (Å²) in [6, 6.07) is 5.21. The molecule has 2 aromatic rings. The van der Waals surface area contributed by atoms with E-state index >= 15 is 0 Å². The Balaban J connectivity index is 2.38. The first-order valence-corrected chi connectivity index (χ1v) is 6.57. The van der Waals surface area contributed by atoms with E-state index in [1.807, 2.05) is 0 Å². The van der Waals surface area contributed by atoms with Gasteiger partial charge in [-0.15, -0.1) is 0 Å². The smallest absolute Gasteiger partial charge is 0.420 e. The predicted octanol–water partition coefficient (Wildman–Crippen LogP) is 2.70. The zero-order valence-corrected chi connectivity index (χ0v) is 12.5. The molecule has 5 nitrogen and oxygen atoms in total. The third kappa shape index (κ3) is 3.07. The fraction of sp³-hybridized carbons (Fsp3) is 0.385. The minimum Gasteiger partial charge on any atom is -0.459 e. The number of hydrogen-bond acceptors (Lipinski definition) is 4. The number of fused-ring (bicyclic) bond motifs is 1. The molecule has 19 heavy (non-hydrogen) atoms. The SMILES string of the molecule is CC(C)(C)OC(=O)Cn1c(=O)oc2cccc(Br)c21. The van der Waals surface area contributed by atoms with Crippen molar-refractivity contribution in [3.63, 3.8) is 0 Å². The van der Waals surface area contributed by atoms with Crippen molar-refractivity contribution in [3.05, 3.63) is 33.2 Å². The standard InChI is InChI=1S/C13H14BrNO4/c1-13(2,3)19-10(16)7-15-11-8(14)5-4-6-9(11)18-12(15)17/h4-6H,7H2,1-3H3. The lowest BCUT2D eigenvalue weighted by atomic mass is 10.2. The van der Waals surface area contributed by atoms with Crippen LogP contribution in [0.15, 0.2) is 31.9 Å². The van der Waals surface area contributed by atoms with Crippen LogP contribution in [0, 0.1) is 0 Å². The van der Waals surface area contributed by atoms with E-state index in [1.54, 1.807) is 39.0 Å². The second-order valence-electron chi connectivity index (χ2n) is 5.13. The van der Waals surface area contributed by atoms with E-state index in [4.69, 9.17) is 9.15 Å². The molecule has 1 aromatic carbocycles. The molecule has 1 heterocycles. The predicted molar refractivity (Wildman–Crippen MR) is 74.0 cm³/mol. The Bertz CT molecular complexity index is 678. The number of esters is 1. The first-order valence-electron chi connectivity index (χ1n) is 5.77. The number of hydrogen-bond donors (Lipinski definition) is 0. The third-order valence-electron chi connectivity index (χ3n) is 2.34. The second-order valence-corrected chi connectivity index (χ2v) is 5.98. The van der Waals surface area contributed by atoms with Crippen molar-refractivity contribution in [2.45, 2.75) is 32.9 Å². The Kier molecular flexibility index (Phi) is 3.54. The number of para-hydroxylation sites is 1. The number of halogens is 1. The van der Waals surface area contributed by atoms with Crippen LogP contribution in [0.4, 0.5) is 0 Å². The van der Waals surface area contributed by atoms with Crippen LogP contribution >= 0.6 is 15.9 Å². The van der Waals surface area contributed by atoms with E-state index < -0.39 is 17.3 Å². The molecule has 102 valence electrons. The number of carbonyl (C=O) groups excluding carboxylic acids is 1. The van der Waals surface area contributed by atoms with Gasteiger partial charge in [-0.1, -0.05) is 6.07 Å². The van der Waals surface area contributed by atoms with Crippen LogP contribution in [-0.4, -0.2) is 16.1 Å². The van der Waals surface area contributed by atoms with Crippen LogP contribution in [-0.2, 0) is 16.1 Å². The zero-order valence-electron chi connectivity index (χ0n) is 10.9. The Morgan fingerprint density at radius 1 is 1.42 bits per heavy atom. The van der Waals surface area contributed by atoms with Gasteiger partial charge in [0, 0.05) is 4.47 Å². The van der Waals surface area contributed by atoms with Crippen molar-refractivity contribution in [1.29, 1.82) is 0 Å². The van der Waals surface area contributed by atoms with Gasteiger partial charge in [-0.2, -0.15) is 0 Å². The molecule has 0 aliphatic carbocycles. The molecule has 0 radical (unpaired) electrons. The van der Waals surface area contributed by atoms with Crippen LogP contribution in [0.5, 0.6) is 0 Å². The van der Waals surface area contributed by atoms with Crippen molar-refractivity contribution >= 4 is 33.0 Å². The Labute approximate surface area is 118 Å². The van der Waals surface area contributed by atoms with Crippen LogP contribution in [0.25, 0.3) is 11.1 Å². The minimum absolute atomic E-state index is 0.175. The van der Waals surface area contributed by atoms with Gasteiger partial charge >= 0.3 is 11.7 Å². The lowest BCUT2D eigenvalue weighted by molar-refractivity contribution is -0.155. The van der Waals surface area contributed by atoms with Gasteiger partial charge in [0.15, 0.2) is 5.58 Å². The zero-order chi connectivity index (χ0) is 14.2. The first kappa shape index (κ1) is 13.9.